The maximum atomic E-state index is 13.4. The van der Waals surface area contributed by atoms with E-state index in [0.717, 1.165) is 57.2 Å². The smallest absolute Gasteiger partial charge is 0.259 e. The van der Waals surface area contributed by atoms with Crippen LogP contribution in [0.4, 0.5) is 34.8 Å². The first-order valence-electron chi connectivity index (χ1n) is 18.5. The molecule has 0 saturated carbocycles. The Kier molecular flexibility index (Phi) is 16.6. The van der Waals surface area contributed by atoms with Crippen molar-refractivity contribution in [3.8, 4) is 12.0 Å². The fourth-order valence-electron chi connectivity index (χ4n) is 5.43. The van der Waals surface area contributed by atoms with Crippen molar-refractivity contribution >= 4 is 46.6 Å². The highest BCUT2D eigenvalue weighted by molar-refractivity contribution is 5.93. The van der Waals surface area contributed by atoms with E-state index in [4.69, 9.17) is 9.84 Å². The number of anilines is 4. The topological polar surface area (TPSA) is 188 Å². The summed E-state index contributed by atoms with van der Waals surface area (Å²) >= 11 is 0. The number of carbonyl (C=O) groups is 2. The van der Waals surface area contributed by atoms with Crippen molar-refractivity contribution in [3.05, 3.63) is 29.5 Å². The van der Waals surface area contributed by atoms with Crippen LogP contribution in [0.2, 0.25) is 0 Å². The Labute approximate surface area is 308 Å². The molecule has 0 spiro atoms. The summed E-state index contributed by atoms with van der Waals surface area (Å²) in [5, 5.41) is 32.9. The van der Waals surface area contributed by atoms with E-state index in [-0.39, 0.29) is 65.7 Å². The Morgan fingerprint density at radius 1 is 0.981 bits per heavy atom. The molecule has 1 aromatic carbocycles. The van der Waals surface area contributed by atoms with Crippen LogP contribution in [0.3, 0.4) is 0 Å². The Bertz CT molecular complexity index is 1700. The minimum atomic E-state index is -0.267. The molecule has 3 N–H and O–H groups in total. The van der Waals surface area contributed by atoms with E-state index in [1.165, 1.54) is 11.6 Å². The van der Waals surface area contributed by atoms with E-state index in [1.807, 2.05) is 51.8 Å². The van der Waals surface area contributed by atoms with Gasteiger partial charge in [-0.3, -0.25) is 14.9 Å². The summed E-state index contributed by atoms with van der Waals surface area (Å²) in [6.07, 6.45) is 7.32. The predicted octanol–water partition coefficient (Wildman–Crippen LogP) is 8.39. The van der Waals surface area contributed by atoms with E-state index < -0.39 is 0 Å². The van der Waals surface area contributed by atoms with Crippen molar-refractivity contribution in [1.29, 1.82) is 5.26 Å². The summed E-state index contributed by atoms with van der Waals surface area (Å²) in [6.45, 7) is 16.5. The highest BCUT2D eigenvalue weighted by Gasteiger charge is 2.25. The molecule has 2 atom stereocenters. The quantitative estimate of drug-likeness (QED) is 0.0713. The largest absolute Gasteiger partial charge is 0.375 e. The van der Waals surface area contributed by atoms with Crippen LogP contribution in [0.5, 0.6) is 0 Å². The molecule has 15 heteroatoms. The van der Waals surface area contributed by atoms with Crippen LogP contribution in [-0.2, 0) is 14.3 Å². The van der Waals surface area contributed by atoms with Crippen molar-refractivity contribution in [3.63, 3.8) is 0 Å². The second-order valence-electron chi connectivity index (χ2n) is 13.0. The zero-order valence-electron chi connectivity index (χ0n) is 32.3. The van der Waals surface area contributed by atoms with Gasteiger partial charge in [0, 0.05) is 32.1 Å². The minimum Gasteiger partial charge on any atom is -0.375 e. The first-order valence-corrected chi connectivity index (χ1v) is 18.5. The van der Waals surface area contributed by atoms with Crippen LogP contribution in [0.15, 0.2) is 28.4 Å². The molecule has 2 heterocycles. The molecule has 0 aliphatic rings. The number of hydrogen-bond donors (Lipinski definition) is 3. The molecule has 3 aromatic rings. The van der Waals surface area contributed by atoms with Gasteiger partial charge >= 0.3 is 0 Å². The van der Waals surface area contributed by atoms with Gasteiger partial charge in [-0.05, 0) is 56.7 Å². The van der Waals surface area contributed by atoms with E-state index in [9.17, 15) is 14.9 Å². The lowest BCUT2D eigenvalue weighted by Gasteiger charge is -2.18. The molecule has 0 aliphatic carbocycles. The van der Waals surface area contributed by atoms with Crippen LogP contribution in [-0.4, -0.2) is 63.0 Å². The molecule has 15 nitrogen and oxygen atoms in total. The molecule has 3 rings (SSSR count). The number of nitrogens with zero attached hydrogens (tertiary/aromatic N) is 9. The normalized spacial score (nSPS) is 12.5. The Morgan fingerprint density at radius 2 is 1.69 bits per heavy atom. The SMILES string of the molecule is CCCCC(CC)OCNc1nc(NC(=O)C(CC)CCCC)nc(-n2nc(C(C)C)c(C#N)c2N=Nc2ccc(N(C)CC)cc2NC(C)=O)n1. The standard InChI is InChI=1S/C37H56N12O3/c1-10-15-17-26(12-3)34(51)41-36-42-35(39-23-52-28(13-4)18-16-11-2)43-37(44-36)49-33(29(22-38)32(47-49)24(6)7)46-45-30-20-19-27(48(9)14-5)21-31(30)40-25(8)50/h19-21,24,26,28H,10-18,23H2,1-9H3,(H,40,50)(H2,39,41,42,43,44,51). The maximum Gasteiger partial charge on any atom is 0.259 e. The maximum absolute atomic E-state index is 13.4. The molecular weight excluding hydrogens is 660 g/mol. The predicted molar refractivity (Wildman–Crippen MR) is 205 cm³/mol. The molecule has 2 aromatic heterocycles. The monoisotopic (exact) mass is 716 g/mol. The van der Waals surface area contributed by atoms with E-state index in [0.29, 0.717) is 23.5 Å². The first kappa shape index (κ1) is 41.5. The van der Waals surface area contributed by atoms with E-state index >= 15 is 0 Å². The molecule has 0 radical (unpaired) electrons. The molecule has 0 fully saturated rings. The number of aromatic nitrogens is 5. The van der Waals surface area contributed by atoms with Crippen LogP contribution < -0.4 is 20.9 Å². The summed E-state index contributed by atoms with van der Waals surface area (Å²) in [7, 11) is 1.95. The fourth-order valence-corrected chi connectivity index (χ4v) is 5.43. The lowest BCUT2D eigenvalue weighted by molar-refractivity contribution is -0.120. The van der Waals surface area contributed by atoms with Gasteiger partial charge in [-0.25, -0.2) is 0 Å². The Hall–Kier alpha value is -4.97. The number of carbonyl (C=O) groups excluding carboxylic acids is 2. The van der Waals surface area contributed by atoms with Gasteiger partial charge in [0.2, 0.25) is 23.7 Å². The fraction of sp³-hybridized carbons (Fsp3) is 0.595. The third-order valence-corrected chi connectivity index (χ3v) is 8.71. The number of benzene rings is 1. The highest BCUT2D eigenvalue weighted by atomic mass is 16.5. The summed E-state index contributed by atoms with van der Waals surface area (Å²) in [6, 6.07) is 7.68. The lowest BCUT2D eigenvalue weighted by atomic mass is 9.99. The molecule has 282 valence electrons. The van der Waals surface area contributed by atoms with Gasteiger partial charge in [-0.2, -0.15) is 30.0 Å². The number of hydrogen-bond acceptors (Lipinski definition) is 12. The number of rotatable bonds is 21. The molecular formula is C37H56N12O3. The van der Waals surface area contributed by atoms with Gasteiger partial charge in [-0.15, -0.1) is 10.2 Å². The van der Waals surface area contributed by atoms with Gasteiger partial charge in [0.05, 0.1) is 17.5 Å². The van der Waals surface area contributed by atoms with Crippen molar-refractivity contribution in [1.82, 2.24) is 24.7 Å². The van der Waals surface area contributed by atoms with Crippen molar-refractivity contribution in [2.75, 3.05) is 41.2 Å². The third-order valence-electron chi connectivity index (χ3n) is 8.71. The Balaban J connectivity index is 2.16. The van der Waals surface area contributed by atoms with Gasteiger partial charge < -0.3 is 20.3 Å². The molecule has 52 heavy (non-hydrogen) atoms. The van der Waals surface area contributed by atoms with Gasteiger partial charge in [0.1, 0.15) is 24.1 Å². The molecule has 2 amide bonds. The van der Waals surface area contributed by atoms with Crippen LogP contribution in [0.1, 0.15) is 124 Å². The molecule has 0 bridgehead atoms. The van der Waals surface area contributed by atoms with Crippen molar-refractivity contribution in [2.24, 2.45) is 16.1 Å². The van der Waals surface area contributed by atoms with Crippen LogP contribution >= 0.6 is 0 Å². The van der Waals surface area contributed by atoms with Crippen LogP contribution in [0, 0.1) is 17.2 Å². The van der Waals surface area contributed by atoms with Gasteiger partial charge in [-0.1, -0.05) is 67.2 Å². The summed E-state index contributed by atoms with van der Waals surface area (Å²) in [5.41, 5.74) is 2.38. The zero-order chi connectivity index (χ0) is 38.2. The third kappa shape index (κ3) is 11.5. The second-order valence-corrected chi connectivity index (χ2v) is 13.0. The number of azo groups is 1. The zero-order valence-corrected chi connectivity index (χ0v) is 32.3. The number of amides is 2. The summed E-state index contributed by atoms with van der Waals surface area (Å²) < 4.78 is 7.42. The molecule has 0 saturated heterocycles. The average molecular weight is 717 g/mol. The first-order chi connectivity index (χ1) is 25.0. The van der Waals surface area contributed by atoms with Crippen LogP contribution in [0.25, 0.3) is 5.95 Å². The number of nitriles is 1. The Morgan fingerprint density at radius 3 is 2.31 bits per heavy atom. The van der Waals surface area contributed by atoms with Crippen molar-refractivity contribution in [2.45, 2.75) is 119 Å². The van der Waals surface area contributed by atoms with Crippen molar-refractivity contribution < 1.29 is 14.3 Å². The van der Waals surface area contributed by atoms with E-state index in [2.05, 4.69) is 68.0 Å². The lowest BCUT2D eigenvalue weighted by Crippen LogP contribution is -2.25. The summed E-state index contributed by atoms with van der Waals surface area (Å²) in [5.74, 6) is -0.546. The van der Waals surface area contributed by atoms with Gasteiger partial charge in [0.15, 0.2) is 5.82 Å². The minimum absolute atomic E-state index is 0.0202. The van der Waals surface area contributed by atoms with Gasteiger partial charge in [0.25, 0.3) is 5.95 Å². The number of nitrogens with one attached hydrogen (secondary N) is 3. The summed E-state index contributed by atoms with van der Waals surface area (Å²) in [4.78, 5) is 41.3. The number of unbranched alkanes of at least 4 members (excludes halogenated alkanes) is 2. The number of ether oxygens (including phenoxy) is 1. The molecule has 0 aliphatic heterocycles. The average Bonchev–Trinajstić information content (AvgIpc) is 3.51. The molecule has 2 unspecified atom stereocenters. The van der Waals surface area contributed by atoms with E-state index in [1.54, 1.807) is 6.07 Å². The second kappa shape index (κ2) is 20.8. The highest BCUT2D eigenvalue weighted by Crippen LogP contribution is 2.34.